The Kier molecular flexibility index (Phi) is 4.15. The number of aryl methyl sites for hydroxylation is 2. The molecular weight excluding hydrogens is 272 g/mol. The summed E-state index contributed by atoms with van der Waals surface area (Å²) in [5, 5.41) is 6.68. The maximum Gasteiger partial charge on any atom is 0.252 e. The zero-order chi connectivity index (χ0) is 15.6. The maximum absolute atomic E-state index is 12.0. The Bertz CT molecular complexity index is 691. The molecule has 0 radical (unpaired) electrons. The Morgan fingerprint density at radius 2 is 2.05 bits per heavy atom. The van der Waals surface area contributed by atoms with E-state index in [0.717, 1.165) is 17.0 Å². The van der Waals surface area contributed by atoms with Crippen molar-refractivity contribution in [1.29, 1.82) is 0 Å². The first-order chi connectivity index (χ1) is 9.90. The summed E-state index contributed by atoms with van der Waals surface area (Å²) < 4.78 is 1.60. The van der Waals surface area contributed by atoms with Crippen LogP contribution in [-0.2, 0) is 16.0 Å². The number of rotatable bonds is 4. The van der Waals surface area contributed by atoms with E-state index in [9.17, 15) is 9.59 Å². The molecule has 2 aromatic heterocycles. The van der Waals surface area contributed by atoms with Gasteiger partial charge in [0.15, 0.2) is 0 Å². The molecule has 0 unspecified atom stereocenters. The van der Waals surface area contributed by atoms with Crippen molar-refractivity contribution in [2.24, 2.45) is 0 Å². The monoisotopic (exact) mass is 290 g/mol. The van der Waals surface area contributed by atoms with Gasteiger partial charge >= 0.3 is 0 Å². The standard InChI is InChI=1S/C13H18N6O2/c1-8-10(5-11(20)14-6-12(21)18(3)4)9(2)19-13(17-8)15-7-16-19/h7H,5-6H2,1-4H3,(H,14,20). The smallest absolute Gasteiger partial charge is 0.252 e. The molecule has 0 bridgehead atoms. The average Bonchev–Trinajstić information content (AvgIpc) is 2.88. The minimum Gasteiger partial charge on any atom is -0.347 e. The summed E-state index contributed by atoms with van der Waals surface area (Å²) in [5.41, 5.74) is 2.36. The molecule has 2 heterocycles. The lowest BCUT2D eigenvalue weighted by Gasteiger charge is -2.12. The normalized spacial score (nSPS) is 10.7. The van der Waals surface area contributed by atoms with Crippen LogP contribution in [0.15, 0.2) is 6.33 Å². The lowest BCUT2D eigenvalue weighted by Crippen LogP contribution is -2.37. The van der Waals surface area contributed by atoms with E-state index in [1.165, 1.54) is 11.2 Å². The highest BCUT2D eigenvalue weighted by Crippen LogP contribution is 2.13. The molecule has 1 N–H and O–H groups in total. The average molecular weight is 290 g/mol. The number of carbonyl (C=O) groups excluding carboxylic acids is 2. The van der Waals surface area contributed by atoms with Crippen LogP contribution in [-0.4, -0.2) is 56.9 Å². The fraction of sp³-hybridized carbons (Fsp3) is 0.462. The van der Waals surface area contributed by atoms with Crippen LogP contribution in [0, 0.1) is 13.8 Å². The Balaban J connectivity index is 2.12. The fourth-order valence-corrected chi connectivity index (χ4v) is 1.97. The van der Waals surface area contributed by atoms with E-state index in [0.29, 0.717) is 5.78 Å². The molecule has 21 heavy (non-hydrogen) atoms. The molecule has 0 spiro atoms. The van der Waals surface area contributed by atoms with Crippen LogP contribution in [0.4, 0.5) is 0 Å². The largest absolute Gasteiger partial charge is 0.347 e. The van der Waals surface area contributed by atoms with Crippen LogP contribution in [0.1, 0.15) is 17.0 Å². The molecule has 0 aliphatic carbocycles. The Morgan fingerprint density at radius 1 is 1.33 bits per heavy atom. The lowest BCUT2D eigenvalue weighted by molar-refractivity contribution is -0.130. The van der Waals surface area contributed by atoms with E-state index in [2.05, 4.69) is 20.4 Å². The number of hydrogen-bond acceptors (Lipinski definition) is 5. The van der Waals surface area contributed by atoms with Crippen molar-refractivity contribution in [1.82, 2.24) is 29.8 Å². The second kappa shape index (κ2) is 5.86. The molecule has 0 aromatic carbocycles. The minimum atomic E-state index is -0.224. The number of likely N-dealkylation sites (N-methyl/N-ethyl adjacent to an activating group) is 1. The van der Waals surface area contributed by atoms with Crippen molar-refractivity contribution >= 4 is 17.6 Å². The summed E-state index contributed by atoms with van der Waals surface area (Å²) in [4.78, 5) is 33.2. The highest BCUT2D eigenvalue weighted by atomic mass is 16.2. The molecule has 8 nitrogen and oxygen atoms in total. The van der Waals surface area contributed by atoms with Gasteiger partial charge < -0.3 is 10.2 Å². The predicted octanol–water partition coefficient (Wildman–Crippen LogP) is -0.512. The third-order valence-corrected chi connectivity index (χ3v) is 3.26. The van der Waals surface area contributed by atoms with Crippen molar-refractivity contribution < 1.29 is 9.59 Å². The van der Waals surface area contributed by atoms with E-state index in [-0.39, 0.29) is 24.8 Å². The van der Waals surface area contributed by atoms with Gasteiger partial charge in [-0.25, -0.2) is 9.50 Å². The van der Waals surface area contributed by atoms with Crippen molar-refractivity contribution in [3.05, 3.63) is 23.3 Å². The molecule has 0 fully saturated rings. The zero-order valence-electron chi connectivity index (χ0n) is 12.5. The molecule has 2 amide bonds. The van der Waals surface area contributed by atoms with Crippen LogP contribution < -0.4 is 5.32 Å². The van der Waals surface area contributed by atoms with Crippen molar-refractivity contribution in [2.75, 3.05) is 20.6 Å². The summed E-state index contributed by atoms with van der Waals surface area (Å²) in [7, 11) is 3.29. The van der Waals surface area contributed by atoms with Gasteiger partial charge in [0.1, 0.15) is 6.33 Å². The highest BCUT2D eigenvalue weighted by molar-refractivity contribution is 5.85. The SMILES string of the molecule is Cc1nc2ncnn2c(C)c1CC(=O)NCC(=O)N(C)C. The fourth-order valence-electron chi connectivity index (χ4n) is 1.97. The number of nitrogens with zero attached hydrogens (tertiary/aromatic N) is 5. The number of amides is 2. The number of carbonyl (C=O) groups is 2. The molecule has 112 valence electrons. The van der Waals surface area contributed by atoms with Gasteiger partial charge in [0.2, 0.25) is 11.8 Å². The van der Waals surface area contributed by atoms with E-state index in [4.69, 9.17) is 0 Å². The van der Waals surface area contributed by atoms with Gasteiger partial charge in [-0.3, -0.25) is 9.59 Å². The van der Waals surface area contributed by atoms with Crippen LogP contribution in [0.25, 0.3) is 5.78 Å². The van der Waals surface area contributed by atoms with E-state index >= 15 is 0 Å². The van der Waals surface area contributed by atoms with Gasteiger partial charge in [-0.2, -0.15) is 10.1 Å². The van der Waals surface area contributed by atoms with Gasteiger partial charge in [-0.1, -0.05) is 0 Å². The molecule has 0 atom stereocenters. The van der Waals surface area contributed by atoms with E-state index < -0.39 is 0 Å². The van der Waals surface area contributed by atoms with Crippen LogP contribution in [0.5, 0.6) is 0 Å². The Morgan fingerprint density at radius 3 is 2.71 bits per heavy atom. The maximum atomic E-state index is 12.0. The molecule has 2 rings (SSSR count). The molecule has 0 saturated heterocycles. The van der Waals surface area contributed by atoms with Crippen molar-refractivity contribution in [3.63, 3.8) is 0 Å². The second-order valence-electron chi connectivity index (χ2n) is 4.97. The number of hydrogen-bond donors (Lipinski definition) is 1. The summed E-state index contributed by atoms with van der Waals surface area (Å²) in [6, 6.07) is 0. The van der Waals surface area contributed by atoms with Gasteiger partial charge in [0.25, 0.3) is 5.78 Å². The minimum absolute atomic E-state index is 0.0110. The summed E-state index contributed by atoms with van der Waals surface area (Å²) in [6.07, 6.45) is 1.58. The first-order valence-electron chi connectivity index (χ1n) is 6.52. The molecule has 0 aliphatic heterocycles. The summed E-state index contributed by atoms with van der Waals surface area (Å²) in [5.74, 6) is 0.135. The second-order valence-corrected chi connectivity index (χ2v) is 4.97. The highest BCUT2D eigenvalue weighted by Gasteiger charge is 2.15. The summed E-state index contributed by atoms with van der Waals surface area (Å²) in [6.45, 7) is 3.68. The van der Waals surface area contributed by atoms with Crippen molar-refractivity contribution in [3.8, 4) is 0 Å². The molecule has 8 heteroatoms. The van der Waals surface area contributed by atoms with Crippen molar-refractivity contribution in [2.45, 2.75) is 20.3 Å². The quantitative estimate of drug-likeness (QED) is 0.818. The molecular formula is C13H18N6O2. The Hall–Kier alpha value is -2.51. The van der Waals surface area contributed by atoms with E-state index in [1.54, 1.807) is 18.6 Å². The Labute approximate surface area is 122 Å². The number of fused-ring (bicyclic) bond motifs is 1. The van der Waals surface area contributed by atoms with Gasteiger partial charge in [0.05, 0.1) is 13.0 Å². The zero-order valence-corrected chi connectivity index (χ0v) is 12.5. The lowest BCUT2D eigenvalue weighted by atomic mass is 10.1. The first-order valence-corrected chi connectivity index (χ1v) is 6.52. The molecule has 2 aromatic rings. The van der Waals surface area contributed by atoms with E-state index in [1.807, 2.05) is 13.8 Å². The van der Waals surface area contributed by atoms with Gasteiger partial charge in [-0.05, 0) is 13.8 Å². The number of aromatic nitrogens is 4. The molecule has 0 aliphatic rings. The van der Waals surface area contributed by atoms with Gasteiger partial charge in [0, 0.05) is 31.0 Å². The summed E-state index contributed by atoms with van der Waals surface area (Å²) >= 11 is 0. The third kappa shape index (κ3) is 3.15. The van der Waals surface area contributed by atoms with Crippen LogP contribution >= 0.6 is 0 Å². The predicted molar refractivity (Wildman–Crippen MR) is 75.7 cm³/mol. The molecule has 0 saturated carbocycles. The first kappa shape index (κ1) is 14.9. The van der Waals surface area contributed by atoms with Crippen LogP contribution in [0.3, 0.4) is 0 Å². The van der Waals surface area contributed by atoms with Gasteiger partial charge in [-0.15, -0.1) is 0 Å². The van der Waals surface area contributed by atoms with Crippen LogP contribution in [0.2, 0.25) is 0 Å². The third-order valence-electron chi connectivity index (χ3n) is 3.26. The topological polar surface area (TPSA) is 92.5 Å². The number of nitrogens with one attached hydrogen (secondary N) is 1.